The zero-order valence-electron chi connectivity index (χ0n) is 9.52. The van der Waals surface area contributed by atoms with Gasteiger partial charge in [0.1, 0.15) is 0 Å². The quantitative estimate of drug-likeness (QED) is 0.751. The summed E-state index contributed by atoms with van der Waals surface area (Å²) < 4.78 is 9.89. The number of para-hydroxylation sites is 1. The van der Waals surface area contributed by atoms with Crippen LogP contribution in [-0.2, 0) is 9.47 Å². The van der Waals surface area contributed by atoms with Crippen molar-refractivity contribution in [3.05, 3.63) is 46.8 Å². The molecule has 4 nitrogen and oxygen atoms in total. The van der Waals surface area contributed by atoms with Crippen LogP contribution in [0.3, 0.4) is 0 Å². The van der Waals surface area contributed by atoms with E-state index in [2.05, 4.69) is 4.98 Å². The van der Waals surface area contributed by atoms with Crippen LogP contribution in [0.1, 0.15) is 0 Å². The molecule has 4 heteroatoms. The minimum Gasteiger partial charge on any atom is -0.377 e. The summed E-state index contributed by atoms with van der Waals surface area (Å²) in [6, 6.07) is 11.0. The zero-order valence-corrected chi connectivity index (χ0v) is 9.52. The van der Waals surface area contributed by atoms with Crippen molar-refractivity contribution < 1.29 is 9.47 Å². The van der Waals surface area contributed by atoms with Crippen molar-refractivity contribution in [3.63, 3.8) is 0 Å². The Labute approximate surface area is 99.2 Å². The smallest absolute Gasteiger partial charge is 0.248 e. The Kier molecular flexibility index (Phi) is 4.30. The van der Waals surface area contributed by atoms with Gasteiger partial charge >= 0.3 is 0 Å². The topological polar surface area (TPSA) is 51.3 Å². The van der Waals surface area contributed by atoms with Crippen molar-refractivity contribution in [1.29, 1.82) is 0 Å². The molecule has 1 aromatic carbocycles. The molecule has 1 aliphatic heterocycles. The Bertz CT molecular complexity index is 506. The van der Waals surface area contributed by atoms with Gasteiger partial charge in [-0.15, -0.1) is 0 Å². The highest BCUT2D eigenvalue weighted by atomic mass is 16.6. The van der Waals surface area contributed by atoms with Crippen LogP contribution in [0.4, 0.5) is 0 Å². The predicted molar refractivity (Wildman–Crippen MR) is 66.2 cm³/mol. The number of ether oxygens (including phenoxy) is 2. The average Bonchev–Trinajstić information content (AvgIpc) is 2.41. The average molecular weight is 233 g/mol. The molecule has 1 fully saturated rings. The van der Waals surface area contributed by atoms with Crippen LogP contribution in [0.5, 0.6) is 0 Å². The summed E-state index contributed by atoms with van der Waals surface area (Å²) in [4.78, 5) is 13.6. The maximum atomic E-state index is 10.8. The van der Waals surface area contributed by atoms with Crippen LogP contribution in [0.15, 0.2) is 41.2 Å². The minimum absolute atomic E-state index is 0.0521. The SMILES string of the molecule is C1COCCO1.O=c1ccc2ccccc2[nH]1. The summed E-state index contributed by atoms with van der Waals surface area (Å²) in [5.41, 5.74) is 0.837. The van der Waals surface area contributed by atoms with Gasteiger partial charge in [-0.1, -0.05) is 18.2 Å². The number of H-pyrrole nitrogens is 1. The van der Waals surface area contributed by atoms with E-state index in [4.69, 9.17) is 9.47 Å². The molecular formula is C13H15NO3. The van der Waals surface area contributed by atoms with E-state index in [1.165, 1.54) is 6.07 Å². The summed E-state index contributed by atoms with van der Waals surface area (Å²) in [6.45, 7) is 3.11. The van der Waals surface area contributed by atoms with Crippen molar-refractivity contribution in [2.45, 2.75) is 0 Å². The monoisotopic (exact) mass is 233 g/mol. The highest BCUT2D eigenvalue weighted by Crippen LogP contribution is 2.06. The number of rotatable bonds is 0. The van der Waals surface area contributed by atoms with Crippen LogP contribution in [0, 0.1) is 0 Å². The molecule has 1 aromatic heterocycles. The van der Waals surface area contributed by atoms with Crippen molar-refractivity contribution in [3.8, 4) is 0 Å². The molecule has 0 unspecified atom stereocenters. The summed E-state index contributed by atoms with van der Waals surface area (Å²) in [5.74, 6) is 0. The highest BCUT2D eigenvalue weighted by Gasteiger charge is 1.94. The lowest BCUT2D eigenvalue weighted by molar-refractivity contribution is -0.0334. The third-order valence-corrected chi connectivity index (χ3v) is 2.38. The second-order valence-electron chi connectivity index (χ2n) is 3.63. The first-order valence-corrected chi connectivity index (χ1v) is 5.60. The molecule has 2 aromatic rings. The molecule has 0 saturated carbocycles. The Morgan fingerprint density at radius 3 is 2.18 bits per heavy atom. The minimum atomic E-state index is -0.0521. The first kappa shape index (κ1) is 11.8. The fourth-order valence-electron chi connectivity index (χ4n) is 1.54. The van der Waals surface area contributed by atoms with Crippen molar-refractivity contribution in [1.82, 2.24) is 4.98 Å². The van der Waals surface area contributed by atoms with Crippen LogP contribution in [-0.4, -0.2) is 31.4 Å². The van der Waals surface area contributed by atoms with Gasteiger partial charge in [0.25, 0.3) is 0 Å². The Morgan fingerprint density at radius 1 is 0.882 bits per heavy atom. The molecule has 0 spiro atoms. The predicted octanol–water partition coefficient (Wildman–Crippen LogP) is 1.56. The van der Waals surface area contributed by atoms with Gasteiger partial charge in [0.05, 0.1) is 26.4 Å². The standard InChI is InChI=1S/C9H7NO.C4H8O2/c11-9-6-5-7-3-1-2-4-8(7)10-9;1-2-6-4-3-5-1/h1-6H,(H,10,11);1-4H2. The molecule has 0 amide bonds. The van der Waals surface area contributed by atoms with Crippen molar-refractivity contribution >= 4 is 10.9 Å². The molecule has 17 heavy (non-hydrogen) atoms. The van der Waals surface area contributed by atoms with Crippen molar-refractivity contribution in [2.24, 2.45) is 0 Å². The van der Waals surface area contributed by atoms with E-state index in [0.717, 1.165) is 37.3 Å². The normalized spacial score (nSPS) is 15.1. The highest BCUT2D eigenvalue weighted by molar-refractivity contribution is 5.77. The molecule has 0 atom stereocenters. The fraction of sp³-hybridized carbons (Fsp3) is 0.308. The van der Waals surface area contributed by atoms with Gasteiger partial charge < -0.3 is 14.5 Å². The molecule has 0 radical (unpaired) electrons. The summed E-state index contributed by atoms with van der Waals surface area (Å²) >= 11 is 0. The third-order valence-electron chi connectivity index (χ3n) is 2.38. The molecule has 90 valence electrons. The number of hydrogen-bond acceptors (Lipinski definition) is 3. The number of aromatic nitrogens is 1. The van der Waals surface area contributed by atoms with Gasteiger partial charge in [-0.25, -0.2) is 0 Å². The van der Waals surface area contributed by atoms with Crippen molar-refractivity contribution in [2.75, 3.05) is 26.4 Å². The number of pyridine rings is 1. The molecule has 2 heterocycles. The van der Waals surface area contributed by atoms with E-state index >= 15 is 0 Å². The number of fused-ring (bicyclic) bond motifs is 1. The summed E-state index contributed by atoms with van der Waals surface area (Å²) in [6.07, 6.45) is 0. The Balaban J connectivity index is 0.000000153. The first-order chi connectivity index (χ1) is 8.36. The molecular weight excluding hydrogens is 218 g/mol. The lowest BCUT2D eigenvalue weighted by Crippen LogP contribution is -2.16. The van der Waals surface area contributed by atoms with Gasteiger partial charge in [-0.05, 0) is 17.5 Å². The van der Waals surface area contributed by atoms with E-state index in [1.807, 2.05) is 30.3 Å². The Hall–Kier alpha value is -1.65. The van der Waals surface area contributed by atoms with E-state index < -0.39 is 0 Å². The second-order valence-corrected chi connectivity index (χ2v) is 3.63. The number of hydrogen-bond donors (Lipinski definition) is 1. The van der Waals surface area contributed by atoms with Gasteiger partial charge in [0, 0.05) is 11.6 Å². The van der Waals surface area contributed by atoms with E-state index in [9.17, 15) is 4.79 Å². The lowest BCUT2D eigenvalue weighted by Gasteiger charge is -2.09. The van der Waals surface area contributed by atoms with Gasteiger partial charge in [-0.2, -0.15) is 0 Å². The van der Waals surface area contributed by atoms with E-state index in [0.29, 0.717) is 0 Å². The van der Waals surface area contributed by atoms with Gasteiger partial charge in [0.15, 0.2) is 0 Å². The maximum absolute atomic E-state index is 10.8. The van der Waals surface area contributed by atoms with Crippen LogP contribution in [0.25, 0.3) is 10.9 Å². The number of nitrogens with one attached hydrogen (secondary N) is 1. The van der Waals surface area contributed by atoms with Gasteiger partial charge in [0.2, 0.25) is 5.56 Å². The van der Waals surface area contributed by atoms with Crippen LogP contribution >= 0.6 is 0 Å². The maximum Gasteiger partial charge on any atom is 0.248 e. The van der Waals surface area contributed by atoms with Crippen LogP contribution < -0.4 is 5.56 Å². The van der Waals surface area contributed by atoms with E-state index in [1.54, 1.807) is 0 Å². The second kappa shape index (κ2) is 6.18. The summed E-state index contributed by atoms with van der Waals surface area (Å²) in [7, 11) is 0. The molecule has 0 aliphatic carbocycles. The van der Waals surface area contributed by atoms with Crippen LogP contribution in [0.2, 0.25) is 0 Å². The summed E-state index contributed by atoms with van der Waals surface area (Å²) in [5, 5.41) is 1.06. The van der Waals surface area contributed by atoms with E-state index in [-0.39, 0.29) is 5.56 Å². The molecule has 1 saturated heterocycles. The molecule has 1 aliphatic rings. The lowest BCUT2D eigenvalue weighted by atomic mass is 10.2. The first-order valence-electron chi connectivity index (χ1n) is 5.60. The Morgan fingerprint density at radius 2 is 1.53 bits per heavy atom. The zero-order chi connectivity index (χ0) is 11.9. The number of benzene rings is 1. The van der Waals surface area contributed by atoms with Gasteiger partial charge in [-0.3, -0.25) is 4.79 Å². The third kappa shape index (κ3) is 3.69. The molecule has 3 rings (SSSR count). The molecule has 0 bridgehead atoms. The number of aromatic amines is 1. The fourth-order valence-corrected chi connectivity index (χ4v) is 1.54. The largest absolute Gasteiger partial charge is 0.377 e. The molecule has 1 N–H and O–H groups in total.